The Morgan fingerprint density at radius 2 is 2.20 bits per heavy atom. The molecule has 0 atom stereocenters. The number of ether oxygens (including phenoxy) is 1. The van der Waals surface area contributed by atoms with Crippen molar-refractivity contribution in [2.45, 2.75) is 26.4 Å². The summed E-state index contributed by atoms with van der Waals surface area (Å²) in [6.07, 6.45) is 1.04. The number of aliphatic hydroxyl groups is 1. The SMILES string of the molecule is CC(C)OCCCNC(=O)N(C)CCO. The molecule has 15 heavy (non-hydrogen) atoms. The molecule has 0 rings (SSSR count). The second-order valence-corrected chi connectivity index (χ2v) is 3.65. The first-order valence-electron chi connectivity index (χ1n) is 5.29. The first-order chi connectivity index (χ1) is 7.07. The molecule has 0 aromatic carbocycles. The molecule has 5 heteroatoms. The van der Waals surface area contributed by atoms with Crippen LogP contribution in [0.1, 0.15) is 20.3 Å². The second-order valence-electron chi connectivity index (χ2n) is 3.65. The fourth-order valence-electron chi connectivity index (χ4n) is 0.973. The molecule has 0 spiro atoms. The van der Waals surface area contributed by atoms with E-state index in [1.807, 2.05) is 13.8 Å². The van der Waals surface area contributed by atoms with Crippen molar-refractivity contribution in [3.8, 4) is 0 Å². The molecule has 0 fully saturated rings. The molecule has 0 aliphatic rings. The van der Waals surface area contributed by atoms with Gasteiger partial charge in [-0.2, -0.15) is 0 Å². The van der Waals surface area contributed by atoms with Gasteiger partial charge in [-0.3, -0.25) is 0 Å². The number of nitrogens with zero attached hydrogens (tertiary/aromatic N) is 1. The van der Waals surface area contributed by atoms with Crippen LogP contribution in [0.2, 0.25) is 0 Å². The quantitative estimate of drug-likeness (QED) is 0.609. The van der Waals surface area contributed by atoms with Gasteiger partial charge in [0.1, 0.15) is 0 Å². The van der Waals surface area contributed by atoms with E-state index in [9.17, 15) is 4.79 Å². The van der Waals surface area contributed by atoms with Gasteiger partial charge in [0, 0.05) is 26.7 Å². The van der Waals surface area contributed by atoms with Crippen molar-refractivity contribution >= 4 is 6.03 Å². The summed E-state index contributed by atoms with van der Waals surface area (Å²) in [5.74, 6) is 0. The van der Waals surface area contributed by atoms with Gasteiger partial charge in [0.05, 0.1) is 12.7 Å². The average molecular weight is 218 g/mol. The summed E-state index contributed by atoms with van der Waals surface area (Å²) in [7, 11) is 1.65. The monoisotopic (exact) mass is 218 g/mol. The minimum Gasteiger partial charge on any atom is -0.395 e. The highest BCUT2D eigenvalue weighted by Crippen LogP contribution is 1.90. The Kier molecular flexibility index (Phi) is 8.04. The fourth-order valence-corrected chi connectivity index (χ4v) is 0.973. The minimum absolute atomic E-state index is 0.0135. The number of nitrogens with one attached hydrogen (secondary N) is 1. The molecule has 0 radical (unpaired) electrons. The lowest BCUT2D eigenvalue weighted by Crippen LogP contribution is -2.39. The molecular formula is C10H22N2O3. The van der Waals surface area contributed by atoms with Crippen LogP contribution in [-0.2, 0) is 4.74 Å². The van der Waals surface area contributed by atoms with Crippen molar-refractivity contribution in [2.24, 2.45) is 0 Å². The van der Waals surface area contributed by atoms with Crippen LogP contribution in [0.3, 0.4) is 0 Å². The van der Waals surface area contributed by atoms with E-state index in [1.165, 1.54) is 4.90 Å². The van der Waals surface area contributed by atoms with Crippen molar-refractivity contribution in [2.75, 3.05) is 33.4 Å². The van der Waals surface area contributed by atoms with Crippen LogP contribution in [0.5, 0.6) is 0 Å². The van der Waals surface area contributed by atoms with Crippen molar-refractivity contribution in [1.82, 2.24) is 10.2 Å². The van der Waals surface area contributed by atoms with Crippen LogP contribution < -0.4 is 5.32 Å². The van der Waals surface area contributed by atoms with Crippen molar-refractivity contribution in [3.05, 3.63) is 0 Å². The molecule has 0 aromatic rings. The topological polar surface area (TPSA) is 61.8 Å². The van der Waals surface area contributed by atoms with E-state index >= 15 is 0 Å². The van der Waals surface area contributed by atoms with E-state index in [1.54, 1.807) is 7.05 Å². The first-order valence-corrected chi connectivity index (χ1v) is 5.29. The predicted octanol–water partition coefficient (Wildman–Crippen LogP) is 0.435. The lowest BCUT2D eigenvalue weighted by Gasteiger charge is -2.16. The zero-order valence-electron chi connectivity index (χ0n) is 9.82. The van der Waals surface area contributed by atoms with E-state index in [-0.39, 0.29) is 18.7 Å². The molecule has 0 saturated heterocycles. The van der Waals surface area contributed by atoms with Gasteiger partial charge in [0.25, 0.3) is 0 Å². The smallest absolute Gasteiger partial charge is 0.317 e. The molecule has 0 aliphatic heterocycles. The molecule has 0 bridgehead atoms. The summed E-state index contributed by atoms with van der Waals surface area (Å²) >= 11 is 0. The molecular weight excluding hydrogens is 196 g/mol. The first kappa shape index (κ1) is 14.2. The van der Waals surface area contributed by atoms with Crippen molar-refractivity contribution in [1.29, 1.82) is 0 Å². The highest BCUT2D eigenvalue weighted by Gasteiger charge is 2.05. The Morgan fingerprint density at radius 1 is 1.53 bits per heavy atom. The maximum absolute atomic E-state index is 11.3. The van der Waals surface area contributed by atoms with E-state index < -0.39 is 0 Å². The zero-order valence-corrected chi connectivity index (χ0v) is 9.82. The maximum atomic E-state index is 11.3. The number of hydrogen-bond donors (Lipinski definition) is 2. The number of urea groups is 1. The van der Waals surface area contributed by atoms with Gasteiger partial charge < -0.3 is 20.1 Å². The molecule has 2 N–H and O–H groups in total. The van der Waals surface area contributed by atoms with E-state index in [4.69, 9.17) is 9.84 Å². The molecule has 5 nitrogen and oxygen atoms in total. The van der Waals surface area contributed by atoms with Crippen LogP contribution in [-0.4, -0.2) is 55.5 Å². The number of carbonyl (C=O) groups excluding carboxylic acids is 1. The van der Waals surface area contributed by atoms with E-state index in [0.717, 1.165) is 6.42 Å². The standard InChI is InChI=1S/C10H22N2O3/c1-9(2)15-8-4-5-11-10(14)12(3)6-7-13/h9,13H,4-8H2,1-3H3,(H,11,14). The normalized spacial score (nSPS) is 10.5. The van der Waals surface area contributed by atoms with Gasteiger partial charge in [-0.15, -0.1) is 0 Å². The van der Waals surface area contributed by atoms with Gasteiger partial charge in [0.15, 0.2) is 0 Å². The Morgan fingerprint density at radius 3 is 2.73 bits per heavy atom. The van der Waals surface area contributed by atoms with Crippen LogP contribution in [0.15, 0.2) is 0 Å². The summed E-state index contributed by atoms with van der Waals surface area (Å²) in [4.78, 5) is 12.7. The van der Waals surface area contributed by atoms with Gasteiger partial charge in [0.2, 0.25) is 0 Å². The van der Waals surface area contributed by atoms with Crippen LogP contribution in [0, 0.1) is 0 Å². The number of aliphatic hydroxyl groups excluding tert-OH is 1. The number of amides is 2. The summed E-state index contributed by atoms with van der Waals surface area (Å²) in [6.45, 7) is 5.55. The summed E-state index contributed by atoms with van der Waals surface area (Å²) in [5, 5.41) is 11.4. The Labute approximate surface area is 91.4 Å². The molecule has 0 aliphatic carbocycles. The van der Waals surface area contributed by atoms with E-state index in [0.29, 0.717) is 19.7 Å². The second kappa shape index (κ2) is 8.49. The fraction of sp³-hybridized carbons (Fsp3) is 0.900. The lowest BCUT2D eigenvalue weighted by atomic mass is 10.4. The van der Waals surface area contributed by atoms with Gasteiger partial charge >= 0.3 is 6.03 Å². The van der Waals surface area contributed by atoms with Crippen LogP contribution in [0.25, 0.3) is 0 Å². The molecule has 90 valence electrons. The third kappa shape index (κ3) is 8.20. The van der Waals surface area contributed by atoms with Crippen LogP contribution >= 0.6 is 0 Å². The molecule has 0 saturated carbocycles. The number of rotatable bonds is 7. The van der Waals surface area contributed by atoms with Gasteiger partial charge in [-0.05, 0) is 20.3 Å². The average Bonchev–Trinajstić information content (AvgIpc) is 2.16. The van der Waals surface area contributed by atoms with Crippen LogP contribution in [0.4, 0.5) is 4.79 Å². The molecule has 0 unspecified atom stereocenters. The number of carbonyl (C=O) groups is 1. The predicted molar refractivity (Wildman–Crippen MR) is 58.8 cm³/mol. The van der Waals surface area contributed by atoms with Gasteiger partial charge in [-0.25, -0.2) is 4.79 Å². The van der Waals surface area contributed by atoms with Crippen molar-refractivity contribution in [3.63, 3.8) is 0 Å². The number of hydrogen-bond acceptors (Lipinski definition) is 3. The largest absolute Gasteiger partial charge is 0.395 e. The Balaban J connectivity index is 3.38. The molecule has 0 aromatic heterocycles. The Hall–Kier alpha value is -0.810. The maximum Gasteiger partial charge on any atom is 0.317 e. The minimum atomic E-state index is -0.159. The summed E-state index contributed by atoms with van der Waals surface area (Å²) < 4.78 is 5.33. The zero-order chi connectivity index (χ0) is 11.7. The summed E-state index contributed by atoms with van der Waals surface area (Å²) in [6, 6.07) is -0.159. The Bertz CT molecular complexity index is 174. The van der Waals surface area contributed by atoms with Gasteiger partial charge in [-0.1, -0.05) is 0 Å². The molecule has 2 amide bonds. The highest BCUT2D eigenvalue weighted by atomic mass is 16.5. The number of likely N-dealkylation sites (N-methyl/N-ethyl adjacent to an activating group) is 1. The third-order valence-corrected chi connectivity index (χ3v) is 1.83. The molecule has 0 heterocycles. The van der Waals surface area contributed by atoms with E-state index in [2.05, 4.69) is 5.32 Å². The lowest BCUT2D eigenvalue weighted by molar-refractivity contribution is 0.0771. The van der Waals surface area contributed by atoms with Crippen molar-refractivity contribution < 1.29 is 14.6 Å². The highest BCUT2D eigenvalue weighted by molar-refractivity contribution is 5.73. The summed E-state index contributed by atoms with van der Waals surface area (Å²) in [5.41, 5.74) is 0. The third-order valence-electron chi connectivity index (χ3n) is 1.83.